The first kappa shape index (κ1) is 13.1. The maximum Gasteiger partial charge on any atom is 1.00 e. The van der Waals surface area contributed by atoms with Gasteiger partial charge in [-0.2, -0.15) is 6.41 Å². The molecule has 0 aliphatic heterocycles. The molecule has 0 aliphatic carbocycles. The number of hydrogen-bond donors (Lipinski definition) is 1. The normalized spacial score (nSPS) is 8.38. The molecular formula is C8H9KN2O2. The summed E-state index contributed by atoms with van der Waals surface area (Å²) in [6, 6.07) is 1.80. The van der Waals surface area contributed by atoms with Crippen molar-refractivity contribution in [2.24, 2.45) is 0 Å². The molecule has 4 nitrogen and oxygen atoms in total. The smallest absolute Gasteiger partial charge is 0.526 e. The van der Waals surface area contributed by atoms with Crippen LogP contribution in [-0.2, 0) is 11.3 Å². The van der Waals surface area contributed by atoms with Gasteiger partial charge in [0.2, 0.25) is 0 Å². The molecule has 0 aliphatic rings. The van der Waals surface area contributed by atoms with Gasteiger partial charge in [0, 0.05) is 12.7 Å². The van der Waals surface area contributed by atoms with Crippen molar-refractivity contribution in [2.45, 2.75) is 6.54 Å². The molecule has 0 fully saturated rings. The van der Waals surface area contributed by atoms with E-state index in [1.165, 1.54) is 0 Å². The zero-order valence-corrected chi connectivity index (χ0v) is 10.8. The molecule has 0 spiro atoms. The number of amides is 1. The van der Waals surface area contributed by atoms with E-state index in [0.717, 1.165) is 5.56 Å². The molecule has 1 N–H and O–H groups in total. The van der Waals surface area contributed by atoms with Crippen LogP contribution in [0.3, 0.4) is 0 Å². The van der Waals surface area contributed by atoms with Gasteiger partial charge in [0.1, 0.15) is 5.75 Å². The second-order valence-electron chi connectivity index (χ2n) is 2.19. The minimum Gasteiger partial charge on any atom is -0.526 e. The van der Waals surface area contributed by atoms with Gasteiger partial charge in [0.25, 0.3) is 0 Å². The summed E-state index contributed by atoms with van der Waals surface area (Å²) in [6.45, 7) is 0.424. The third kappa shape index (κ3) is 4.73. The van der Waals surface area contributed by atoms with E-state index in [0.29, 0.717) is 12.3 Å². The summed E-state index contributed by atoms with van der Waals surface area (Å²) in [5.74, 6) is 0.681. The van der Waals surface area contributed by atoms with Gasteiger partial charge in [-0.3, -0.25) is 4.98 Å². The van der Waals surface area contributed by atoms with Gasteiger partial charge in [-0.15, -0.1) is 0 Å². The van der Waals surface area contributed by atoms with E-state index in [1.807, 2.05) is 0 Å². The summed E-state index contributed by atoms with van der Waals surface area (Å²) in [5, 5.41) is 2.41. The number of ether oxygens (including phenoxy) is 1. The average molecular weight is 204 g/mol. The van der Waals surface area contributed by atoms with E-state index in [4.69, 9.17) is 4.74 Å². The Labute approximate surface area is 119 Å². The molecule has 1 heterocycles. The number of pyridine rings is 1. The molecule has 0 radical (unpaired) electrons. The van der Waals surface area contributed by atoms with Gasteiger partial charge in [0.15, 0.2) is 0 Å². The standard InChI is InChI=1S/C8H9N2O2.K/c1-12-8-2-7(3-9-5-8)4-10-6-11;/h2-3,5H,4H2,1H3,(H,10,11);/q-1;+1. The van der Waals surface area contributed by atoms with Crippen LogP contribution < -0.4 is 61.4 Å². The Balaban J connectivity index is 0.00000144. The second kappa shape index (κ2) is 7.46. The van der Waals surface area contributed by atoms with E-state index in [-0.39, 0.29) is 51.4 Å². The Hall–Kier alpha value is 0.0564. The fraction of sp³-hybridized carbons (Fsp3) is 0.250. The van der Waals surface area contributed by atoms with Crippen LogP contribution >= 0.6 is 0 Å². The molecule has 1 rings (SSSR count). The third-order valence-corrected chi connectivity index (χ3v) is 1.37. The Morgan fingerprint density at radius 2 is 2.38 bits per heavy atom. The first-order valence-corrected chi connectivity index (χ1v) is 3.44. The van der Waals surface area contributed by atoms with Crippen molar-refractivity contribution in [1.82, 2.24) is 10.3 Å². The van der Waals surface area contributed by atoms with Gasteiger partial charge >= 0.3 is 51.4 Å². The zero-order valence-electron chi connectivity index (χ0n) is 7.70. The average Bonchev–Trinajstić information content (AvgIpc) is 2.15. The summed E-state index contributed by atoms with van der Waals surface area (Å²) in [7, 11) is 1.57. The topological polar surface area (TPSA) is 51.2 Å². The van der Waals surface area contributed by atoms with Crippen LogP contribution in [-0.4, -0.2) is 18.5 Å². The van der Waals surface area contributed by atoms with Gasteiger partial charge in [-0.05, 0) is 11.6 Å². The van der Waals surface area contributed by atoms with E-state index in [1.54, 1.807) is 32.0 Å². The minimum absolute atomic E-state index is 0. The van der Waals surface area contributed by atoms with Crippen LogP contribution in [0.1, 0.15) is 5.56 Å². The molecular weight excluding hydrogens is 195 g/mol. The number of rotatable bonds is 4. The summed E-state index contributed by atoms with van der Waals surface area (Å²) in [5.41, 5.74) is 0.887. The van der Waals surface area contributed by atoms with Gasteiger partial charge in [-0.25, -0.2) is 0 Å². The molecule has 0 saturated carbocycles. The molecule has 13 heavy (non-hydrogen) atoms. The fourth-order valence-electron chi connectivity index (χ4n) is 0.810. The predicted molar refractivity (Wildman–Crippen MR) is 43.3 cm³/mol. The van der Waals surface area contributed by atoms with Gasteiger partial charge < -0.3 is 14.8 Å². The van der Waals surface area contributed by atoms with Crippen molar-refractivity contribution in [3.63, 3.8) is 0 Å². The Kier molecular flexibility index (Phi) is 7.49. The molecule has 64 valence electrons. The maximum absolute atomic E-state index is 9.84. The first-order chi connectivity index (χ1) is 5.86. The van der Waals surface area contributed by atoms with Crippen molar-refractivity contribution in [2.75, 3.05) is 7.11 Å². The molecule has 0 bridgehead atoms. The van der Waals surface area contributed by atoms with Crippen LogP contribution in [0.15, 0.2) is 18.5 Å². The summed E-state index contributed by atoms with van der Waals surface area (Å²) < 4.78 is 4.95. The molecule has 0 saturated heterocycles. The largest absolute Gasteiger partial charge is 1.00 e. The maximum atomic E-state index is 9.84. The van der Waals surface area contributed by atoms with E-state index in [2.05, 4.69) is 10.3 Å². The summed E-state index contributed by atoms with van der Waals surface area (Å²) in [4.78, 5) is 13.8. The Morgan fingerprint density at radius 3 is 3.00 bits per heavy atom. The van der Waals surface area contributed by atoms with Crippen molar-refractivity contribution < 1.29 is 60.9 Å². The zero-order chi connectivity index (χ0) is 8.81. The Morgan fingerprint density at radius 1 is 1.62 bits per heavy atom. The van der Waals surface area contributed by atoms with E-state index >= 15 is 0 Å². The number of methoxy groups -OCH3 is 1. The van der Waals surface area contributed by atoms with Crippen LogP contribution in [0.5, 0.6) is 5.75 Å². The number of nitrogens with one attached hydrogen (secondary N) is 1. The van der Waals surface area contributed by atoms with Crippen molar-refractivity contribution >= 4 is 6.41 Å². The minimum atomic E-state index is 0. The van der Waals surface area contributed by atoms with Gasteiger partial charge in [-0.1, -0.05) is 0 Å². The molecule has 0 atom stereocenters. The molecule has 5 heteroatoms. The number of nitrogens with zero attached hydrogens (tertiary/aromatic N) is 1. The molecule has 1 amide bonds. The van der Waals surface area contributed by atoms with Crippen LogP contribution in [0, 0.1) is 0 Å². The molecule has 0 aromatic carbocycles. The van der Waals surface area contributed by atoms with Crippen molar-refractivity contribution in [1.29, 1.82) is 0 Å². The first-order valence-electron chi connectivity index (χ1n) is 3.44. The Bertz CT molecular complexity index is 268. The SMILES string of the molecule is COc1cncc(CN[C-]=O)c1.[K+]. The van der Waals surface area contributed by atoms with E-state index in [9.17, 15) is 4.79 Å². The molecule has 0 unspecified atom stereocenters. The summed E-state index contributed by atoms with van der Waals surface area (Å²) >= 11 is 0. The number of aromatic nitrogens is 1. The molecule has 1 aromatic heterocycles. The molecule has 1 aromatic rings. The van der Waals surface area contributed by atoms with E-state index < -0.39 is 0 Å². The van der Waals surface area contributed by atoms with Crippen molar-refractivity contribution in [3.05, 3.63) is 24.0 Å². The third-order valence-electron chi connectivity index (χ3n) is 1.37. The van der Waals surface area contributed by atoms with Crippen LogP contribution in [0.2, 0.25) is 0 Å². The van der Waals surface area contributed by atoms with Crippen molar-refractivity contribution in [3.8, 4) is 5.75 Å². The second-order valence-corrected chi connectivity index (χ2v) is 2.19. The fourth-order valence-corrected chi connectivity index (χ4v) is 0.810. The van der Waals surface area contributed by atoms with Gasteiger partial charge in [0.05, 0.1) is 13.3 Å². The predicted octanol–water partition coefficient (Wildman–Crippen LogP) is -2.75. The number of carbonyl (C=O) groups excluding carboxylic acids is 1. The van der Waals surface area contributed by atoms with Crippen LogP contribution in [0.25, 0.3) is 0 Å². The number of hydrogen-bond acceptors (Lipinski definition) is 3. The summed E-state index contributed by atoms with van der Waals surface area (Å²) in [6.07, 6.45) is 4.85. The van der Waals surface area contributed by atoms with Crippen LogP contribution in [0.4, 0.5) is 0 Å². The quantitative estimate of drug-likeness (QED) is 0.329. The monoisotopic (exact) mass is 204 g/mol.